The van der Waals surface area contributed by atoms with Crippen LogP contribution in [0, 0.1) is 6.92 Å². The van der Waals surface area contributed by atoms with Gasteiger partial charge in [0.15, 0.2) is 5.82 Å². The maximum absolute atomic E-state index is 11.3. The molecule has 0 bridgehead atoms. The van der Waals surface area contributed by atoms with E-state index in [1.54, 1.807) is 6.92 Å². The molecule has 0 N–H and O–H groups in total. The lowest BCUT2D eigenvalue weighted by molar-refractivity contribution is 0.113. The van der Waals surface area contributed by atoms with Crippen LogP contribution in [0.15, 0.2) is 4.52 Å². The van der Waals surface area contributed by atoms with Crippen LogP contribution in [0.3, 0.4) is 0 Å². The largest absolute Gasteiger partial charge is 0.340 e. The molecule has 0 radical (unpaired) electrons. The van der Waals surface area contributed by atoms with Gasteiger partial charge in [-0.05, 0) is 26.4 Å². The third-order valence-corrected chi connectivity index (χ3v) is 4.78. The van der Waals surface area contributed by atoms with E-state index in [1.165, 1.54) is 6.26 Å². The minimum Gasteiger partial charge on any atom is -0.340 e. The fourth-order valence-electron chi connectivity index (χ4n) is 2.63. The average molecular weight is 316 g/mol. The number of aromatic nitrogens is 2. The average Bonchev–Trinajstić information content (AvgIpc) is 2.81. The van der Waals surface area contributed by atoms with E-state index < -0.39 is 9.84 Å². The summed E-state index contributed by atoms with van der Waals surface area (Å²) in [6.45, 7) is 4.98. The van der Waals surface area contributed by atoms with Crippen molar-refractivity contribution in [2.24, 2.45) is 0 Å². The second-order valence-electron chi connectivity index (χ2n) is 5.87. The molecule has 0 aliphatic carbocycles. The lowest BCUT2D eigenvalue weighted by Crippen LogP contribution is -2.47. The number of hydrogen-bond acceptors (Lipinski definition) is 7. The Bertz CT molecular complexity index is 558. The highest BCUT2D eigenvalue weighted by molar-refractivity contribution is 7.90. The van der Waals surface area contributed by atoms with Crippen LogP contribution < -0.4 is 0 Å². The summed E-state index contributed by atoms with van der Waals surface area (Å²) in [4.78, 5) is 8.68. The maximum Gasteiger partial charge on any atom is 0.223 e. The quantitative estimate of drug-likeness (QED) is 0.747. The SMILES string of the molecule is Cc1nc(CN2CCC[C@H](N(C)CCS(C)(=O)=O)C2)no1. The second kappa shape index (κ2) is 6.85. The van der Waals surface area contributed by atoms with Gasteiger partial charge in [-0.25, -0.2) is 8.42 Å². The van der Waals surface area contributed by atoms with Gasteiger partial charge in [-0.1, -0.05) is 5.16 Å². The number of likely N-dealkylation sites (N-methyl/N-ethyl adjacent to an activating group) is 1. The van der Waals surface area contributed by atoms with E-state index in [0.29, 0.717) is 30.8 Å². The molecule has 0 aromatic carbocycles. The van der Waals surface area contributed by atoms with Gasteiger partial charge < -0.3 is 9.42 Å². The highest BCUT2D eigenvalue weighted by atomic mass is 32.2. The highest BCUT2D eigenvalue weighted by Gasteiger charge is 2.24. The molecule has 1 aromatic rings. The molecule has 2 heterocycles. The minimum atomic E-state index is -2.90. The van der Waals surface area contributed by atoms with Crippen LogP contribution in [-0.4, -0.2) is 73.1 Å². The van der Waals surface area contributed by atoms with Crippen molar-refractivity contribution in [3.63, 3.8) is 0 Å². The Labute approximate surface area is 126 Å². The van der Waals surface area contributed by atoms with Crippen molar-refractivity contribution in [3.8, 4) is 0 Å². The summed E-state index contributed by atoms with van der Waals surface area (Å²) < 4.78 is 27.5. The van der Waals surface area contributed by atoms with Crippen LogP contribution in [0.2, 0.25) is 0 Å². The van der Waals surface area contributed by atoms with E-state index >= 15 is 0 Å². The van der Waals surface area contributed by atoms with E-state index in [-0.39, 0.29) is 5.75 Å². The Kier molecular flexibility index (Phi) is 5.34. The van der Waals surface area contributed by atoms with Crippen molar-refractivity contribution in [1.82, 2.24) is 19.9 Å². The van der Waals surface area contributed by atoms with E-state index in [0.717, 1.165) is 25.9 Å². The van der Waals surface area contributed by atoms with Crippen molar-refractivity contribution in [3.05, 3.63) is 11.7 Å². The molecule has 21 heavy (non-hydrogen) atoms. The van der Waals surface area contributed by atoms with Gasteiger partial charge in [-0.15, -0.1) is 0 Å². The van der Waals surface area contributed by atoms with Crippen LogP contribution in [-0.2, 0) is 16.4 Å². The van der Waals surface area contributed by atoms with E-state index in [2.05, 4.69) is 19.9 Å². The number of rotatable bonds is 6. The molecular weight excluding hydrogens is 292 g/mol. The molecule has 1 aliphatic rings. The predicted octanol–water partition coefficient (Wildman–Crippen LogP) is 0.319. The Morgan fingerprint density at radius 3 is 2.86 bits per heavy atom. The zero-order valence-corrected chi connectivity index (χ0v) is 13.8. The van der Waals surface area contributed by atoms with Gasteiger partial charge in [0.2, 0.25) is 5.89 Å². The molecule has 0 saturated carbocycles. The molecule has 0 spiro atoms. The lowest BCUT2D eigenvalue weighted by Gasteiger charge is -2.37. The molecule has 1 atom stereocenters. The van der Waals surface area contributed by atoms with E-state index in [4.69, 9.17) is 4.52 Å². The summed E-state index contributed by atoms with van der Waals surface area (Å²) in [5.41, 5.74) is 0. The number of sulfone groups is 1. The lowest BCUT2D eigenvalue weighted by atomic mass is 10.0. The zero-order valence-electron chi connectivity index (χ0n) is 12.9. The van der Waals surface area contributed by atoms with Crippen molar-refractivity contribution in [2.75, 3.05) is 38.7 Å². The predicted molar refractivity (Wildman–Crippen MR) is 79.7 cm³/mol. The van der Waals surface area contributed by atoms with E-state index in [9.17, 15) is 8.42 Å². The summed E-state index contributed by atoms with van der Waals surface area (Å²) in [6, 6.07) is 0.383. The topological polar surface area (TPSA) is 79.5 Å². The van der Waals surface area contributed by atoms with Gasteiger partial charge in [0, 0.05) is 32.3 Å². The Morgan fingerprint density at radius 2 is 2.24 bits per heavy atom. The second-order valence-corrected chi connectivity index (χ2v) is 8.13. The first kappa shape index (κ1) is 16.4. The van der Waals surface area contributed by atoms with Crippen molar-refractivity contribution in [1.29, 1.82) is 0 Å². The molecule has 1 saturated heterocycles. The van der Waals surface area contributed by atoms with Gasteiger partial charge in [-0.3, -0.25) is 4.90 Å². The Hall–Kier alpha value is -0.990. The summed E-state index contributed by atoms with van der Waals surface area (Å²) in [7, 11) is -0.907. The van der Waals surface area contributed by atoms with Gasteiger partial charge in [0.05, 0.1) is 12.3 Å². The third-order valence-electron chi connectivity index (χ3n) is 3.85. The van der Waals surface area contributed by atoms with Gasteiger partial charge in [0.25, 0.3) is 0 Å². The number of nitrogens with zero attached hydrogens (tertiary/aromatic N) is 4. The molecule has 1 aromatic heterocycles. The highest BCUT2D eigenvalue weighted by Crippen LogP contribution is 2.16. The molecule has 120 valence electrons. The summed E-state index contributed by atoms with van der Waals surface area (Å²) >= 11 is 0. The van der Waals surface area contributed by atoms with Crippen LogP contribution in [0.1, 0.15) is 24.6 Å². The number of hydrogen-bond donors (Lipinski definition) is 0. The number of piperidine rings is 1. The Morgan fingerprint density at radius 1 is 1.48 bits per heavy atom. The Balaban J connectivity index is 1.85. The molecule has 1 aliphatic heterocycles. The molecule has 0 unspecified atom stereocenters. The molecular formula is C13H24N4O3S. The van der Waals surface area contributed by atoms with Crippen LogP contribution in [0.25, 0.3) is 0 Å². The van der Waals surface area contributed by atoms with Crippen LogP contribution in [0.4, 0.5) is 0 Å². The fourth-order valence-corrected chi connectivity index (χ4v) is 3.25. The molecule has 1 fully saturated rings. The third kappa shape index (κ3) is 5.37. The summed E-state index contributed by atoms with van der Waals surface area (Å²) in [5, 5.41) is 3.93. The van der Waals surface area contributed by atoms with E-state index in [1.807, 2.05) is 7.05 Å². The van der Waals surface area contributed by atoms with Gasteiger partial charge >= 0.3 is 0 Å². The monoisotopic (exact) mass is 316 g/mol. The molecule has 2 rings (SSSR count). The fraction of sp³-hybridized carbons (Fsp3) is 0.846. The first-order valence-electron chi connectivity index (χ1n) is 7.23. The van der Waals surface area contributed by atoms with Gasteiger partial charge in [0.1, 0.15) is 9.84 Å². The number of likely N-dealkylation sites (tertiary alicyclic amines) is 1. The smallest absolute Gasteiger partial charge is 0.223 e. The van der Waals surface area contributed by atoms with Crippen LogP contribution >= 0.6 is 0 Å². The van der Waals surface area contributed by atoms with Crippen molar-refractivity contribution in [2.45, 2.75) is 32.4 Å². The molecule has 8 heteroatoms. The molecule has 7 nitrogen and oxygen atoms in total. The zero-order chi connectivity index (χ0) is 15.5. The summed E-state index contributed by atoms with van der Waals surface area (Å²) in [5.74, 6) is 1.51. The molecule has 0 amide bonds. The summed E-state index contributed by atoms with van der Waals surface area (Å²) in [6.07, 6.45) is 3.49. The van der Waals surface area contributed by atoms with Crippen molar-refractivity contribution >= 4 is 9.84 Å². The maximum atomic E-state index is 11.3. The van der Waals surface area contributed by atoms with Crippen molar-refractivity contribution < 1.29 is 12.9 Å². The number of aryl methyl sites for hydroxylation is 1. The van der Waals surface area contributed by atoms with Gasteiger partial charge in [-0.2, -0.15) is 4.98 Å². The first-order chi connectivity index (χ1) is 9.83. The standard InChI is InChI=1S/C13H24N4O3S/c1-11-14-13(15-20-11)10-17-6-4-5-12(9-17)16(2)7-8-21(3,18)19/h12H,4-10H2,1-3H3/t12-/m0/s1. The van der Waals surface area contributed by atoms with Crippen LogP contribution in [0.5, 0.6) is 0 Å². The normalized spacial score (nSPS) is 21.0. The minimum absolute atomic E-state index is 0.212. The first-order valence-corrected chi connectivity index (χ1v) is 9.29.